The molecule has 2 N–H and O–H groups in total. The smallest absolute Gasteiger partial charge is 0.0450 e. The fourth-order valence-corrected chi connectivity index (χ4v) is 2.34. The van der Waals surface area contributed by atoms with Gasteiger partial charge in [-0.05, 0) is 50.0 Å². The van der Waals surface area contributed by atoms with Gasteiger partial charge in [0.2, 0.25) is 0 Å². The molecule has 1 fully saturated rings. The second-order valence-electron chi connectivity index (χ2n) is 4.42. The van der Waals surface area contributed by atoms with Crippen LogP contribution in [-0.2, 0) is 6.54 Å². The van der Waals surface area contributed by atoms with Crippen molar-refractivity contribution in [1.82, 2.24) is 10.6 Å². The van der Waals surface area contributed by atoms with Gasteiger partial charge in [-0.3, -0.25) is 0 Å². The van der Waals surface area contributed by atoms with Gasteiger partial charge in [0.1, 0.15) is 0 Å². The van der Waals surface area contributed by atoms with E-state index in [1.165, 1.54) is 31.5 Å². The average Bonchev–Trinajstić information content (AvgIpc) is 2.33. The Morgan fingerprint density at radius 3 is 2.50 bits per heavy atom. The quantitative estimate of drug-likeness (QED) is 0.892. The van der Waals surface area contributed by atoms with Crippen molar-refractivity contribution in [3.05, 3.63) is 34.9 Å². The number of nitrogens with one attached hydrogen (secondary N) is 2. The molecular weight excluding hydrogens is 291 g/mol. The van der Waals surface area contributed by atoms with E-state index in [2.05, 4.69) is 16.7 Å². The number of benzene rings is 1. The van der Waals surface area contributed by atoms with Crippen LogP contribution in [0.5, 0.6) is 0 Å². The minimum absolute atomic E-state index is 0. The Morgan fingerprint density at radius 2 is 1.83 bits per heavy atom. The molecule has 0 saturated carbocycles. The second-order valence-corrected chi connectivity index (χ2v) is 4.82. The van der Waals surface area contributed by atoms with Crippen LogP contribution in [0.3, 0.4) is 0 Å². The molecule has 1 aliphatic heterocycles. The van der Waals surface area contributed by atoms with Gasteiger partial charge >= 0.3 is 0 Å². The number of rotatable bonds is 4. The molecule has 5 heteroatoms. The van der Waals surface area contributed by atoms with Gasteiger partial charge in [-0.15, -0.1) is 24.8 Å². The largest absolute Gasteiger partial charge is 0.317 e. The Hall–Kier alpha value is 0.01000. The van der Waals surface area contributed by atoms with E-state index in [0.29, 0.717) is 0 Å². The molecule has 0 atom stereocenters. The van der Waals surface area contributed by atoms with E-state index in [4.69, 9.17) is 11.6 Å². The van der Waals surface area contributed by atoms with Crippen LogP contribution in [0, 0.1) is 5.92 Å². The van der Waals surface area contributed by atoms with Crippen molar-refractivity contribution in [3.8, 4) is 0 Å². The maximum absolute atomic E-state index is 6.10. The number of piperidine rings is 1. The highest BCUT2D eigenvalue weighted by Gasteiger charge is 2.12. The predicted octanol–water partition coefficient (Wildman–Crippen LogP) is 3.27. The second kappa shape index (κ2) is 9.88. The third-order valence-corrected chi connectivity index (χ3v) is 3.53. The van der Waals surface area contributed by atoms with Crippen molar-refractivity contribution in [2.45, 2.75) is 19.4 Å². The highest BCUT2D eigenvalue weighted by molar-refractivity contribution is 6.31. The third-order valence-electron chi connectivity index (χ3n) is 3.17. The summed E-state index contributed by atoms with van der Waals surface area (Å²) in [6, 6.07) is 8.03. The molecule has 1 saturated heterocycles. The summed E-state index contributed by atoms with van der Waals surface area (Å²) < 4.78 is 0. The molecule has 1 aliphatic rings. The van der Waals surface area contributed by atoms with Crippen molar-refractivity contribution in [1.29, 1.82) is 0 Å². The van der Waals surface area contributed by atoms with E-state index in [9.17, 15) is 0 Å². The fourth-order valence-electron chi connectivity index (χ4n) is 2.14. The van der Waals surface area contributed by atoms with Gasteiger partial charge in [0.05, 0.1) is 0 Å². The topological polar surface area (TPSA) is 24.1 Å². The minimum Gasteiger partial charge on any atom is -0.317 e. The molecule has 0 bridgehead atoms. The Balaban J connectivity index is 0.00000144. The first kappa shape index (κ1) is 18.0. The van der Waals surface area contributed by atoms with Gasteiger partial charge in [0.25, 0.3) is 0 Å². The third kappa shape index (κ3) is 5.77. The molecule has 0 amide bonds. The van der Waals surface area contributed by atoms with Crippen LogP contribution in [-0.4, -0.2) is 19.6 Å². The monoisotopic (exact) mass is 310 g/mol. The molecule has 1 aromatic carbocycles. The summed E-state index contributed by atoms with van der Waals surface area (Å²) >= 11 is 6.10. The Kier molecular flexibility index (Phi) is 9.88. The van der Waals surface area contributed by atoms with E-state index in [0.717, 1.165) is 24.0 Å². The first-order valence-electron chi connectivity index (χ1n) is 6.01. The number of halogens is 3. The number of hydrogen-bond acceptors (Lipinski definition) is 2. The summed E-state index contributed by atoms with van der Waals surface area (Å²) in [5.41, 5.74) is 1.19. The minimum atomic E-state index is 0. The van der Waals surface area contributed by atoms with Crippen molar-refractivity contribution >= 4 is 36.4 Å². The normalized spacial score (nSPS) is 15.6. The van der Waals surface area contributed by atoms with Gasteiger partial charge in [-0.1, -0.05) is 29.8 Å². The van der Waals surface area contributed by atoms with Gasteiger partial charge in [-0.2, -0.15) is 0 Å². The van der Waals surface area contributed by atoms with Crippen LogP contribution in [0.2, 0.25) is 5.02 Å². The highest BCUT2D eigenvalue weighted by Crippen LogP contribution is 2.15. The summed E-state index contributed by atoms with van der Waals surface area (Å²) in [6.45, 7) is 4.31. The van der Waals surface area contributed by atoms with Crippen LogP contribution < -0.4 is 10.6 Å². The van der Waals surface area contributed by atoms with Gasteiger partial charge in [-0.25, -0.2) is 0 Å². The van der Waals surface area contributed by atoms with E-state index in [1.807, 2.05) is 18.2 Å². The molecule has 2 nitrogen and oxygen atoms in total. The molecule has 18 heavy (non-hydrogen) atoms. The average molecular weight is 312 g/mol. The molecule has 1 heterocycles. The lowest BCUT2D eigenvalue weighted by Crippen LogP contribution is -2.33. The van der Waals surface area contributed by atoms with Crippen LogP contribution >= 0.6 is 36.4 Å². The molecule has 1 aromatic rings. The summed E-state index contributed by atoms with van der Waals surface area (Å²) in [7, 11) is 0. The Morgan fingerprint density at radius 1 is 1.17 bits per heavy atom. The zero-order chi connectivity index (χ0) is 11.2. The molecular formula is C13H21Cl3N2. The van der Waals surface area contributed by atoms with E-state index in [-0.39, 0.29) is 24.8 Å². The van der Waals surface area contributed by atoms with Gasteiger partial charge < -0.3 is 10.6 Å². The van der Waals surface area contributed by atoms with Crippen molar-refractivity contribution < 1.29 is 0 Å². The highest BCUT2D eigenvalue weighted by atomic mass is 35.5. The summed E-state index contributed by atoms with van der Waals surface area (Å²) in [5, 5.41) is 7.74. The van der Waals surface area contributed by atoms with Crippen LogP contribution in [0.1, 0.15) is 18.4 Å². The summed E-state index contributed by atoms with van der Waals surface area (Å²) in [5.74, 6) is 0.823. The van der Waals surface area contributed by atoms with E-state index < -0.39 is 0 Å². The van der Waals surface area contributed by atoms with E-state index >= 15 is 0 Å². The maximum Gasteiger partial charge on any atom is 0.0450 e. The molecule has 2 rings (SSSR count). The lowest BCUT2D eigenvalue weighted by molar-refractivity contribution is 0.356. The van der Waals surface area contributed by atoms with Crippen LogP contribution in [0.25, 0.3) is 0 Å². The van der Waals surface area contributed by atoms with Gasteiger partial charge in [0.15, 0.2) is 0 Å². The van der Waals surface area contributed by atoms with Crippen molar-refractivity contribution in [2.75, 3.05) is 19.6 Å². The first-order valence-corrected chi connectivity index (χ1v) is 6.39. The van der Waals surface area contributed by atoms with Crippen LogP contribution in [0.15, 0.2) is 24.3 Å². The molecule has 0 aromatic heterocycles. The standard InChI is InChI=1S/C13H19ClN2.2ClH/c14-13-4-2-1-3-12(13)10-16-9-11-5-7-15-8-6-11;;/h1-4,11,15-16H,5-10H2;2*1H. The zero-order valence-electron chi connectivity index (χ0n) is 10.3. The predicted molar refractivity (Wildman–Crippen MR) is 83.2 cm³/mol. The molecule has 0 aliphatic carbocycles. The zero-order valence-corrected chi connectivity index (χ0v) is 12.7. The first-order chi connectivity index (χ1) is 7.86. The molecule has 0 radical (unpaired) electrons. The van der Waals surface area contributed by atoms with Crippen molar-refractivity contribution in [3.63, 3.8) is 0 Å². The van der Waals surface area contributed by atoms with Crippen molar-refractivity contribution in [2.24, 2.45) is 5.92 Å². The Bertz CT molecular complexity index is 328. The molecule has 0 unspecified atom stereocenters. The lowest BCUT2D eigenvalue weighted by atomic mass is 9.98. The maximum atomic E-state index is 6.10. The van der Waals surface area contributed by atoms with Gasteiger partial charge in [0, 0.05) is 11.6 Å². The SMILES string of the molecule is Cl.Cl.Clc1ccccc1CNCC1CCNCC1. The fraction of sp³-hybridized carbons (Fsp3) is 0.538. The number of hydrogen-bond donors (Lipinski definition) is 2. The molecule has 104 valence electrons. The summed E-state index contributed by atoms with van der Waals surface area (Å²) in [4.78, 5) is 0. The molecule has 0 spiro atoms. The lowest BCUT2D eigenvalue weighted by Gasteiger charge is -2.22. The Labute approximate surface area is 127 Å². The summed E-state index contributed by atoms with van der Waals surface area (Å²) in [6.07, 6.45) is 2.57. The van der Waals surface area contributed by atoms with E-state index in [1.54, 1.807) is 0 Å². The van der Waals surface area contributed by atoms with Crippen LogP contribution in [0.4, 0.5) is 0 Å².